The predicted octanol–water partition coefficient (Wildman–Crippen LogP) is 0.312. The number of carbonyl (C=O) groups excluding carboxylic acids is 4. The van der Waals surface area contributed by atoms with E-state index in [1.54, 1.807) is 37.3 Å². The molecule has 8 nitrogen and oxygen atoms in total. The van der Waals surface area contributed by atoms with Crippen molar-refractivity contribution in [2.75, 3.05) is 13.2 Å². The third-order valence-electron chi connectivity index (χ3n) is 4.07. The summed E-state index contributed by atoms with van der Waals surface area (Å²) in [5, 5.41) is 2.59. The maximum absolute atomic E-state index is 12.6. The SMILES string of the molecule is C[C@@]1(c2ccccc2)NC(=O)N(CC(=O)O[C@@H]2CCOC2=O)C1=O. The zero-order chi connectivity index (χ0) is 17.3. The molecule has 0 spiro atoms. The van der Waals surface area contributed by atoms with Crippen molar-refractivity contribution in [2.45, 2.75) is 25.0 Å². The quantitative estimate of drug-likeness (QED) is 0.629. The van der Waals surface area contributed by atoms with Gasteiger partial charge in [-0.3, -0.25) is 14.5 Å². The number of amides is 3. The lowest BCUT2D eigenvalue weighted by Crippen LogP contribution is -2.42. The number of ether oxygens (including phenoxy) is 2. The van der Waals surface area contributed by atoms with Crippen LogP contribution in [0.15, 0.2) is 30.3 Å². The van der Waals surface area contributed by atoms with E-state index in [0.29, 0.717) is 5.56 Å². The number of urea groups is 1. The lowest BCUT2D eigenvalue weighted by Gasteiger charge is -2.22. The Bertz CT molecular complexity index is 704. The number of esters is 2. The maximum atomic E-state index is 12.6. The van der Waals surface area contributed by atoms with E-state index in [1.165, 1.54) is 0 Å². The first-order valence-corrected chi connectivity index (χ1v) is 7.47. The molecule has 1 aromatic rings. The van der Waals surface area contributed by atoms with E-state index in [9.17, 15) is 19.2 Å². The van der Waals surface area contributed by atoms with Crippen molar-refractivity contribution in [1.82, 2.24) is 10.2 Å². The smallest absolute Gasteiger partial charge is 0.347 e. The summed E-state index contributed by atoms with van der Waals surface area (Å²) in [6.07, 6.45) is -0.703. The van der Waals surface area contributed by atoms with Crippen LogP contribution in [0.5, 0.6) is 0 Å². The molecule has 1 N–H and O–H groups in total. The molecule has 2 saturated heterocycles. The molecule has 0 saturated carbocycles. The van der Waals surface area contributed by atoms with Crippen LogP contribution in [0.3, 0.4) is 0 Å². The van der Waals surface area contributed by atoms with Gasteiger partial charge in [0.15, 0.2) is 0 Å². The largest absolute Gasteiger partial charge is 0.463 e. The Balaban J connectivity index is 1.70. The van der Waals surface area contributed by atoms with Crippen LogP contribution in [0.1, 0.15) is 18.9 Å². The highest BCUT2D eigenvalue weighted by atomic mass is 16.6. The van der Waals surface area contributed by atoms with Crippen LogP contribution in [-0.2, 0) is 29.4 Å². The second kappa shape index (κ2) is 5.95. The number of imide groups is 1. The van der Waals surface area contributed by atoms with Crippen LogP contribution in [0.4, 0.5) is 4.79 Å². The van der Waals surface area contributed by atoms with Crippen molar-refractivity contribution in [3.8, 4) is 0 Å². The van der Waals surface area contributed by atoms with Crippen molar-refractivity contribution in [1.29, 1.82) is 0 Å². The Morgan fingerprint density at radius 1 is 1.33 bits per heavy atom. The second-order valence-corrected chi connectivity index (χ2v) is 5.75. The van der Waals surface area contributed by atoms with Crippen LogP contribution >= 0.6 is 0 Å². The van der Waals surface area contributed by atoms with Gasteiger partial charge in [-0.15, -0.1) is 0 Å². The lowest BCUT2D eigenvalue weighted by molar-refractivity contribution is -0.161. The van der Waals surface area contributed by atoms with Crippen LogP contribution in [0.2, 0.25) is 0 Å². The van der Waals surface area contributed by atoms with Gasteiger partial charge in [-0.05, 0) is 12.5 Å². The third kappa shape index (κ3) is 2.70. The summed E-state index contributed by atoms with van der Waals surface area (Å²) in [4.78, 5) is 48.8. The summed E-state index contributed by atoms with van der Waals surface area (Å²) in [7, 11) is 0. The summed E-state index contributed by atoms with van der Waals surface area (Å²) in [6.45, 7) is 1.20. The van der Waals surface area contributed by atoms with E-state index < -0.39 is 42.1 Å². The minimum absolute atomic E-state index is 0.186. The van der Waals surface area contributed by atoms with Gasteiger partial charge in [0.05, 0.1) is 6.61 Å². The third-order valence-corrected chi connectivity index (χ3v) is 4.07. The number of hydrogen-bond donors (Lipinski definition) is 1. The zero-order valence-electron chi connectivity index (χ0n) is 13.0. The normalized spacial score (nSPS) is 26.3. The van der Waals surface area contributed by atoms with E-state index in [4.69, 9.17) is 9.47 Å². The fourth-order valence-electron chi connectivity index (χ4n) is 2.72. The molecule has 0 aromatic heterocycles. The fraction of sp³-hybridized carbons (Fsp3) is 0.375. The van der Waals surface area contributed by atoms with Gasteiger partial charge in [-0.1, -0.05) is 30.3 Å². The van der Waals surface area contributed by atoms with Crippen molar-refractivity contribution in [2.24, 2.45) is 0 Å². The number of cyclic esters (lactones) is 1. The summed E-state index contributed by atoms with van der Waals surface area (Å²) in [5.74, 6) is -2.00. The standard InChI is InChI=1S/C16H16N2O6/c1-16(10-5-3-2-4-6-10)14(21)18(15(22)17-16)9-12(19)24-11-7-8-23-13(11)20/h2-6,11H,7-9H2,1H3,(H,17,22)/t11-,16+/m1/s1. The summed E-state index contributed by atoms with van der Waals surface area (Å²) in [5.41, 5.74) is -0.635. The molecule has 8 heteroatoms. The molecular formula is C16H16N2O6. The first-order chi connectivity index (χ1) is 11.4. The zero-order valence-corrected chi connectivity index (χ0v) is 13.0. The number of rotatable bonds is 4. The summed E-state index contributed by atoms with van der Waals surface area (Å²) >= 11 is 0. The molecule has 0 unspecified atom stereocenters. The van der Waals surface area contributed by atoms with Gasteiger partial charge >= 0.3 is 18.0 Å². The first kappa shape index (κ1) is 16.0. The van der Waals surface area contributed by atoms with E-state index in [0.717, 1.165) is 4.90 Å². The topological polar surface area (TPSA) is 102 Å². The molecule has 0 bridgehead atoms. The molecule has 126 valence electrons. The Morgan fingerprint density at radius 3 is 2.67 bits per heavy atom. The number of carbonyl (C=O) groups is 4. The molecule has 24 heavy (non-hydrogen) atoms. The molecule has 2 aliphatic rings. The van der Waals surface area contributed by atoms with E-state index in [1.807, 2.05) is 0 Å². The molecule has 0 aliphatic carbocycles. The van der Waals surface area contributed by atoms with E-state index >= 15 is 0 Å². The Labute approximate surface area is 137 Å². The highest BCUT2D eigenvalue weighted by Crippen LogP contribution is 2.28. The Morgan fingerprint density at radius 2 is 2.04 bits per heavy atom. The number of nitrogens with one attached hydrogen (secondary N) is 1. The molecule has 1 aromatic carbocycles. The Hall–Kier alpha value is -2.90. The predicted molar refractivity (Wildman–Crippen MR) is 79.5 cm³/mol. The van der Waals surface area contributed by atoms with Gasteiger partial charge in [-0.25, -0.2) is 9.59 Å². The molecule has 3 rings (SSSR count). The van der Waals surface area contributed by atoms with Crippen molar-refractivity contribution in [3.05, 3.63) is 35.9 Å². The summed E-state index contributed by atoms with van der Waals surface area (Å²) < 4.78 is 9.66. The highest BCUT2D eigenvalue weighted by molar-refractivity contribution is 6.08. The van der Waals surface area contributed by atoms with E-state index in [-0.39, 0.29) is 13.0 Å². The van der Waals surface area contributed by atoms with E-state index in [2.05, 4.69) is 5.32 Å². The van der Waals surface area contributed by atoms with Crippen LogP contribution in [-0.4, -0.2) is 48.0 Å². The molecule has 2 atom stereocenters. The molecular weight excluding hydrogens is 316 g/mol. The second-order valence-electron chi connectivity index (χ2n) is 5.75. The maximum Gasteiger partial charge on any atom is 0.347 e. The molecule has 3 amide bonds. The summed E-state index contributed by atoms with van der Waals surface area (Å²) in [6, 6.07) is 8.05. The van der Waals surface area contributed by atoms with Gasteiger partial charge in [0.2, 0.25) is 6.10 Å². The minimum Gasteiger partial charge on any atom is -0.463 e. The number of nitrogens with zero attached hydrogens (tertiary/aromatic N) is 1. The minimum atomic E-state index is -1.25. The van der Waals surface area contributed by atoms with Gasteiger partial charge < -0.3 is 14.8 Å². The van der Waals surface area contributed by atoms with Crippen molar-refractivity contribution >= 4 is 23.9 Å². The van der Waals surface area contributed by atoms with Gasteiger partial charge in [0, 0.05) is 6.42 Å². The Kier molecular flexibility index (Phi) is 3.96. The molecule has 2 aliphatic heterocycles. The fourth-order valence-corrected chi connectivity index (χ4v) is 2.72. The average Bonchev–Trinajstić information content (AvgIpc) is 3.05. The van der Waals surface area contributed by atoms with Gasteiger partial charge in [-0.2, -0.15) is 0 Å². The molecule has 0 radical (unpaired) electrons. The number of benzene rings is 1. The highest BCUT2D eigenvalue weighted by Gasteiger charge is 2.49. The van der Waals surface area contributed by atoms with Crippen molar-refractivity contribution in [3.63, 3.8) is 0 Å². The van der Waals surface area contributed by atoms with Gasteiger partial charge in [0.1, 0.15) is 12.1 Å². The monoisotopic (exact) mass is 332 g/mol. The van der Waals surface area contributed by atoms with Crippen LogP contribution in [0, 0.1) is 0 Å². The average molecular weight is 332 g/mol. The van der Waals surface area contributed by atoms with Crippen LogP contribution in [0.25, 0.3) is 0 Å². The first-order valence-electron chi connectivity index (χ1n) is 7.47. The number of hydrogen-bond acceptors (Lipinski definition) is 6. The molecule has 2 fully saturated rings. The van der Waals surface area contributed by atoms with Gasteiger partial charge in [0.25, 0.3) is 5.91 Å². The lowest BCUT2D eigenvalue weighted by atomic mass is 9.92. The molecule has 2 heterocycles. The van der Waals surface area contributed by atoms with Crippen molar-refractivity contribution < 1.29 is 28.7 Å². The van der Waals surface area contributed by atoms with Crippen LogP contribution < -0.4 is 5.32 Å².